The number of amides is 4. The molecule has 4 amide bonds. The maximum atomic E-state index is 12.1. The molecule has 1 aliphatic rings. The molecule has 11 heteroatoms. The Labute approximate surface area is 171 Å². The van der Waals surface area contributed by atoms with Crippen molar-refractivity contribution in [3.63, 3.8) is 0 Å². The van der Waals surface area contributed by atoms with Crippen molar-refractivity contribution >= 4 is 29.8 Å². The lowest BCUT2D eigenvalue weighted by Crippen LogP contribution is -2.37. The van der Waals surface area contributed by atoms with Crippen LogP contribution in [0.15, 0.2) is 18.2 Å². The van der Waals surface area contributed by atoms with Gasteiger partial charge in [0.1, 0.15) is 11.3 Å². The van der Waals surface area contributed by atoms with Crippen LogP contribution in [-0.2, 0) is 14.4 Å². The normalized spacial score (nSPS) is 13.3. The molecule has 0 aromatic heterocycles. The fourth-order valence-corrected chi connectivity index (χ4v) is 2.76. The number of carboxylic acids is 1. The van der Waals surface area contributed by atoms with Crippen LogP contribution in [0, 0.1) is 0 Å². The zero-order chi connectivity index (χ0) is 22.1. The van der Waals surface area contributed by atoms with Crippen LogP contribution in [-0.4, -0.2) is 58.1 Å². The molecule has 0 saturated carbocycles. The predicted molar refractivity (Wildman–Crippen MR) is 101 cm³/mol. The molecule has 0 spiro atoms. The maximum Gasteiger partial charge on any atom is 0.432 e. The fraction of sp³-hybridized carbons (Fsp3) is 0.421. The number of nitrogens with one attached hydrogen (secondary N) is 2. The highest BCUT2D eigenvalue weighted by Crippen LogP contribution is 2.22. The lowest BCUT2D eigenvalue weighted by atomic mass is 10.1. The molecule has 0 bridgehead atoms. The number of para-hydroxylation sites is 1. The van der Waals surface area contributed by atoms with Gasteiger partial charge in [0.2, 0.25) is 0 Å². The second-order valence-corrected chi connectivity index (χ2v) is 6.56. The van der Waals surface area contributed by atoms with E-state index >= 15 is 0 Å². The van der Waals surface area contributed by atoms with Crippen LogP contribution in [0.3, 0.4) is 0 Å². The van der Waals surface area contributed by atoms with Gasteiger partial charge in [0, 0.05) is 25.9 Å². The van der Waals surface area contributed by atoms with Gasteiger partial charge in [-0.3, -0.25) is 14.4 Å². The molecule has 1 aromatic carbocycles. The topological polar surface area (TPSA) is 162 Å². The van der Waals surface area contributed by atoms with Crippen LogP contribution in [0.5, 0.6) is 5.75 Å². The summed E-state index contributed by atoms with van der Waals surface area (Å²) in [5, 5.41) is 24.4. The number of hydrogen-bond acceptors (Lipinski definition) is 7. The summed E-state index contributed by atoms with van der Waals surface area (Å²) in [5.74, 6) is -3.54. The van der Waals surface area contributed by atoms with Crippen molar-refractivity contribution in [2.45, 2.75) is 38.5 Å². The van der Waals surface area contributed by atoms with Gasteiger partial charge >= 0.3 is 12.1 Å². The summed E-state index contributed by atoms with van der Waals surface area (Å²) in [6.45, 7) is 0.640. The second kappa shape index (κ2) is 10.8. The number of carboxylic acid groups (broad SMARTS) is 1. The average molecular weight is 421 g/mol. The van der Waals surface area contributed by atoms with Crippen molar-refractivity contribution in [2.24, 2.45) is 0 Å². The minimum atomic E-state index is -1.32. The number of carbonyl (C=O) groups is 5. The first kappa shape index (κ1) is 22.7. The van der Waals surface area contributed by atoms with Crippen LogP contribution in [0.2, 0.25) is 0 Å². The number of phenols is 1. The van der Waals surface area contributed by atoms with Crippen molar-refractivity contribution < 1.29 is 39.0 Å². The molecular formula is C19H23N3O8. The van der Waals surface area contributed by atoms with Crippen molar-refractivity contribution in [1.29, 1.82) is 0 Å². The Morgan fingerprint density at radius 1 is 0.933 bits per heavy atom. The number of aromatic hydroxyl groups is 1. The van der Waals surface area contributed by atoms with E-state index in [0.717, 1.165) is 12.8 Å². The largest absolute Gasteiger partial charge is 0.506 e. The van der Waals surface area contributed by atoms with Gasteiger partial charge in [-0.05, 0) is 25.0 Å². The van der Waals surface area contributed by atoms with E-state index in [0.29, 0.717) is 31.0 Å². The highest BCUT2D eigenvalue weighted by atomic mass is 16.7. The van der Waals surface area contributed by atoms with Gasteiger partial charge < -0.3 is 25.7 Å². The van der Waals surface area contributed by atoms with Crippen molar-refractivity contribution in [3.8, 4) is 5.75 Å². The smallest absolute Gasteiger partial charge is 0.432 e. The van der Waals surface area contributed by atoms with Crippen LogP contribution in [0.25, 0.3) is 0 Å². The average Bonchev–Trinajstić information content (AvgIpc) is 3.01. The molecule has 30 heavy (non-hydrogen) atoms. The maximum absolute atomic E-state index is 12.1. The van der Waals surface area contributed by atoms with Gasteiger partial charge in [-0.2, -0.15) is 0 Å². The van der Waals surface area contributed by atoms with E-state index in [1.165, 1.54) is 18.2 Å². The van der Waals surface area contributed by atoms with E-state index in [4.69, 9.17) is 5.11 Å². The van der Waals surface area contributed by atoms with Crippen LogP contribution < -0.4 is 10.6 Å². The summed E-state index contributed by atoms with van der Waals surface area (Å²) in [6, 6.07) is 3.93. The first-order valence-electron chi connectivity index (χ1n) is 9.46. The highest BCUT2D eigenvalue weighted by molar-refractivity contribution is 6.02. The number of nitrogens with zero attached hydrogens (tertiary/aromatic N) is 1. The molecule has 4 N–H and O–H groups in total. The van der Waals surface area contributed by atoms with E-state index in [1.54, 1.807) is 0 Å². The number of rotatable bonds is 10. The first-order valence-corrected chi connectivity index (χ1v) is 9.46. The van der Waals surface area contributed by atoms with Crippen LogP contribution in [0.4, 0.5) is 4.79 Å². The SMILES string of the molecule is O=C(NCCCCCCNC(=O)c1cccc(C(=O)O)c1O)ON1C(=O)CCC1=O. The molecule has 0 unspecified atom stereocenters. The van der Waals surface area contributed by atoms with E-state index in [9.17, 15) is 29.1 Å². The van der Waals surface area contributed by atoms with Gasteiger partial charge in [-0.25, -0.2) is 9.59 Å². The van der Waals surface area contributed by atoms with Gasteiger partial charge in [-0.15, -0.1) is 5.06 Å². The van der Waals surface area contributed by atoms with Crippen LogP contribution in [0.1, 0.15) is 59.2 Å². The Morgan fingerprint density at radius 3 is 2.10 bits per heavy atom. The van der Waals surface area contributed by atoms with E-state index < -0.39 is 35.5 Å². The first-order chi connectivity index (χ1) is 14.3. The van der Waals surface area contributed by atoms with E-state index in [-0.39, 0.29) is 24.0 Å². The number of aromatic carboxylic acids is 1. The quantitative estimate of drug-likeness (QED) is 0.323. The third-order valence-electron chi connectivity index (χ3n) is 4.35. The number of unbranched alkanes of at least 4 members (excludes halogenated alkanes) is 3. The zero-order valence-electron chi connectivity index (χ0n) is 16.2. The molecule has 1 saturated heterocycles. The summed E-state index contributed by atoms with van der Waals surface area (Å²) in [6.07, 6.45) is 1.98. The standard InChI is InChI=1S/C19H23N3O8/c23-14-8-9-15(24)22(14)30-19(29)21-11-4-2-1-3-10-20-17(26)12-6-5-7-13(16(12)25)18(27)28/h5-7,25H,1-4,8-11H2,(H,20,26)(H,21,29)(H,27,28). The molecule has 11 nitrogen and oxygen atoms in total. The Morgan fingerprint density at radius 2 is 1.50 bits per heavy atom. The van der Waals surface area contributed by atoms with E-state index in [1.807, 2.05) is 0 Å². The Hall–Kier alpha value is -3.63. The Kier molecular flexibility index (Phi) is 8.15. The van der Waals surface area contributed by atoms with E-state index in [2.05, 4.69) is 15.5 Å². The van der Waals surface area contributed by atoms with Crippen molar-refractivity contribution in [3.05, 3.63) is 29.3 Å². The number of benzene rings is 1. The monoisotopic (exact) mass is 421 g/mol. The molecule has 2 rings (SSSR count). The van der Waals surface area contributed by atoms with Crippen molar-refractivity contribution in [1.82, 2.24) is 15.7 Å². The van der Waals surface area contributed by atoms with Gasteiger partial charge in [0.25, 0.3) is 17.7 Å². The molecule has 0 radical (unpaired) electrons. The number of hydroxylamine groups is 2. The summed E-state index contributed by atoms with van der Waals surface area (Å²) >= 11 is 0. The summed E-state index contributed by atoms with van der Waals surface area (Å²) < 4.78 is 0. The predicted octanol–water partition coefficient (Wildman–Crippen LogP) is 1.17. The van der Waals surface area contributed by atoms with Crippen molar-refractivity contribution in [2.75, 3.05) is 13.1 Å². The number of hydrogen-bond donors (Lipinski definition) is 4. The minimum absolute atomic E-state index is 0.0350. The summed E-state index contributed by atoms with van der Waals surface area (Å²) in [7, 11) is 0. The molecule has 0 aliphatic carbocycles. The third kappa shape index (κ3) is 6.19. The van der Waals surface area contributed by atoms with Crippen LogP contribution >= 0.6 is 0 Å². The molecule has 0 atom stereocenters. The summed E-state index contributed by atoms with van der Waals surface area (Å²) in [5.41, 5.74) is -0.445. The molecule has 1 fully saturated rings. The van der Waals surface area contributed by atoms with Gasteiger partial charge in [-0.1, -0.05) is 18.9 Å². The fourth-order valence-electron chi connectivity index (χ4n) is 2.76. The molecule has 1 heterocycles. The lowest BCUT2D eigenvalue weighted by molar-refractivity contribution is -0.171. The zero-order valence-corrected chi connectivity index (χ0v) is 16.2. The van der Waals surface area contributed by atoms with Gasteiger partial charge in [0.05, 0.1) is 5.56 Å². The molecule has 162 valence electrons. The van der Waals surface area contributed by atoms with Gasteiger partial charge in [0.15, 0.2) is 0 Å². The third-order valence-corrected chi connectivity index (χ3v) is 4.35. The number of imide groups is 1. The molecular weight excluding hydrogens is 398 g/mol. The second-order valence-electron chi connectivity index (χ2n) is 6.56. The molecule has 1 aliphatic heterocycles. The lowest BCUT2D eigenvalue weighted by Gasteiger charge is -2.13. The molecule has 1 aromatic rings. The number of carbonyl (C=O) groups excluding carboxylic acids is 4. The Balaban J connectivity index is 1.57. The highest BCUT2D eigenvalue weighted by Gasteiger charge is 2.32. The Bertz CT molecular complexity index is 823. The summed E-state index contributed by atoms with van der Waals surface area (Å²) in [4.78, 5) is 61.9. The minimum Gasteiger partial charge on any atom is -0.506 e.